The zero-order chi connectivity index (χ0) is 24.2. The van der Waals surface area contributed by atoms with Gasteiger partial charge in [-0.1, -0.05) is 43.1 Å². The molecule has 0 aliphatic rings. The van der Waals surface area contributed by atoms with E-state index in [2.05, 4.69) is 15.0 Å². The van der Waals surface area contributed by atoms with Crippen molar-refractivity contribution in [3.8, 4) is 17.2 Å². The van der Waals surface area contributed by atoms with Gasteiger partial charge in [0.1, 0.15) is 0 Å². The number of aromatic nitrogens is 3. The summed E-state index contributed by atoms with van der Waals surface area (Å²) in [5, 5.41) is -1.10. The van der Waals surface area contributed by atoms with Crippen molar-refractivity contribution in [3.05, 3.63) is 59.1 Å². The van der Waals surface area contributed by atoms with Gasteiger partial charge in [0.15, 0.2) is 27.5 Å². The first-order valence-electron chi connectivity index (χ1n) is 9.49. The molecule has 0 spiro atoms. The lowest BCUT2D eigenvalue weighted by atomic mass is 10.2. The van der Waals surface area contributed by atoms with Gasteiger partial charge in [-0.2, -0.15) is 21.6 Å². The van der Waals surface area contributed by atoms with Gasteiger partial charge in [-0.05, 0) is 30.2 Å². The van der Waals surface area contributed by atoms with E-state index in [4.69, 9.17) is 21.1 Å². The first-order chi connectivity index (χ1) is 15.6. The smallest absolute Gasteiger partial charge is 0.451 e. The normalized spacial score (nSPS) is 11.8. The highest BCUT2D eigenvalue weighted by molar-refractivity contribution is 7.92. The number of halogens is 4. The van der Waals surface area contributed by atoms with Crippen LogP contribution in [0, 0.1) is 0 Å². The Balaban J connectivity index is 2.14. The van der Waals surface area contributed by atoms with Crippen molar-refractivity contribution < 1.29 is 31.1 Å². The maximum atomic E-state index is 13.3. The van der Waals surface area contributed by atoms with E-state index in [9.17, 15) is 21.6 Å². The molecule has 3 rings (SSSR count). The minimum Gasteiger partial charge on any atom is -0.493 e. The number of hydrogen-bond donors (Lipinski definition) is 1. The predicted molar refractivity (Wildman–Crippen MR) is 114 cm³/mol. The molecule has 3 aromatic rings. The highest BCUT2D eigenvalue weighted by Crippen LogP contribution is 2.41. The van der Waals surface area contributed by atoms with Gasteiger partial charge in [-0.15, -0.1) is 0 Å². The van der Waals surface area contributed by atoms with Crippen molar-refractivity contribution in [2.75, 3.05) is 11.8 Å². The number of para-hydroxylation sites is 2. The second kappa shape index (κ2) is 9.79. The van der Waals surface area contributed by atoms with Crippen LogP contribution in [0.3, 0.4) is 0 Å². The Kier molecular flexibility index (Phi) is 7.28. The number of nitrogens with zero attached hydrogens (tertiary/aromatic N) is 3. The summed E-state index contributed by atoms with van der Waals surface area (Å²) in [7, 11) is -3.11. The van der Waals surface area contributed by atoms with Crippen LogP contribution in [0.25, 0.3) is 0 Å². The molecule has 8 nitrogen and oxygen atoms in total. The minimum absolute atomic E-state index is 0.0511. The number of rotatable bonds is 8. The Morgan fingerprint density at radius 1 is 1.09 bits per heavy atom. The van der Waals surface area contributed by atoms with E-state index < -0.39 is 38.7 Å². The molecule has 0 bridgehead atoms. The van der Waals surface area contributed by atoms with Gasteiger partial charge >= 0.3 is 6.18 Å². The van der Waals surface area contributed by atoms with Crippen LogP contribution >= 0.6 is 11.6 Å². The van der Waals surface area contributed by atoms with Gasteiger partial charge in [0, 0.05) is 6.20 Å². The fraction of sp³-hybridized carbons (Fsp3) is 0.250. The molecule has 2 heterocycles. The SMILES string of the molecule is CCCc1cccnc1S(=O)(=O)Nc1nc(C(F)(F)F)nc(Cl)c1Oc1ccccc1OC. The number of nitrogens with one attached hydrogen (secondary N) is 1. The molecule has 0 radical (unpaired) electrons. The van der Waals surface area contributed by atoms with E-state index in [1.165, 1.54) is 25.4 Å². The van der Waals surface area contributed by atoms with Crippen LogP contribution in [-0.4, -0.2) is 30.5 Å². The average molecular weight is 503 g/mol. The molecule has 13 heteroatoms. The summed E-state index contributed by atoms with van der Waals surface area (Å²) in [5.41, 5.74) is 0.385. The molecule has 0 fully saturated rings. The number of aryl methyl sites for hydroxylation is 1. The average Bonchev–Trinajstić information content (AvgIpc) is 2.76. The molecule has 176 valence electrons. The lowest BCUT2D eigenvalue weighted by molar-refractivity contribution is -0.144. The van der Waals surface area contributed by atoms with Gasteiger partial charge in [0.2, 0.25) is 11.6 Å². The van der Waals surface area contributed by atoms with Gasteiger partial charge in [-0.25, -0.2) is 15.0 Å². The highest BCUT2D eigenvalue weighted by atomic mass is 35.5. The molecule has 0 atom stereocenters. The molecular weight excluding hydrogens is 485 g/mol. The molecule has 33 heavy (non-hydrogen) atoms. The molecule has 1 N–H and O–H groups in total. The van der Waals surface area contributed by atoms with Gasteiger partial charge in [0.25, 0.3) is 10.0 Å². The fourth-order valence-corrected chi connectivity index (χ4v) is 4.24. The van der Waals surface area contributed by atoms with Crippen molar-refractivity contribution >= 4 is 27.4 Å². The van der Waals surface area contributed by atoms with E-state index in [1.54, 1.807) is 24.3 Å². The number of sulfonamides is 1. The third-order valence-corrected chi connectivity index (χ3v) is 5.81. The lowest BCUT2D eigenvalue weighted by Gasteiger charge is -2.17. The van der Waals surface area contributed by atoms with E-state index >= 15 is 0 Å². The topological polar surface area (TPSA) is 103 Å². The Hall–Kier alpha value is -3.12. The third-order valence-electron chi connectivity index (χ3n) is 4.21. The van der Waals surface area contributed by atoms with Crippen LogP contribution in [-0.2, 0) is 22.6 Å². The number of alkyl halides is 3. The predicted octanol–water partition coefficient (Wildman–Crippen LogP) is 5.10. The van der Waals surface area contributed by atoms with Gasteiger partial charge in [0.05, 0.1) is 7.11 Å². The number of methoxy groups -OCH3 is 1. The summed E-state index contributed by atoms with van der Waals surface area (Å²) in [4.78, 5) is 10.4. The first-order valence-corrected chi connectivity index (χ1v) is 11.3. The van der Waals surface area contributed by atoms with Gasteiger partial charge in [-0.3, -0.25) is 4.72 Å². The zero-order valence-electron chi connectivity index (χ0n) is 17.4. The number of benzene rings is 1. The van der Waals surface area contributed by atoms with Crippen LogP contribution < -0.4 is 14.2 Å². The number of ether oxygens (including phenoxy) is 2. The fourth-order valence-electron chi connectivity index (χ4n) is 2.82. The Morgan fingerprint density at radius 2 is 1.79 bits per heavy atom. The van der Waals surface area contributed by atoms with Crippen LogP contribution in [0.1, 0.15) is 24.7 Å². The van der Waals surface area contributed by atoms with Crippen molar-refractivity contribution in [1.82, 2.24) is 15.0 Å². The molecule has 0 saturated carbocycles. The van der Waals surface area contributed by atoms with Crippen molar-refractivity contribution in [2.45, 2.75) is 31.0 Å². The maximum Gasteiger partial charge on any atom is 0.451 e. The van der Waals surface area contributed by atoms with Crippen molar-refractivity contribution in [3.63, 3.8) is 0 Å². The Morgan fingerprint density at radius 3 is 2.42 bits per heavy atom. The highest BCUT2D eigenvalue weighted by Gasteiger charge is 2.37. The summed E-state index contributed by atoms with van der Waals surface area (Å²) >= 11 is 5.97. The minimum atomic E-state index is -4.99. The quantitative estimate of drug-likeness (QED) is 0.427. The first kappa shape index (κ1) is 24.5. The summed E-state index contributed by atoms with van der Waals surface area (Å²) < 4.78 is 78.8. The van der Waals surface area contributed by atoms with Crippen LogP contribution in [0.2, 0.25) is 5.15 Å². The molecule has 0 unspecified atom stereocenters. The van der Waals surface area contributed by atoms with Crippen LogP contribution in [0.5, 0.6) is 17.2 Å². The molecule has 0 saturated heterocycles. The zero-order valence-corrected chi connectivity index (χ0v) is 18.9. The van der Waals surface area contributed by atoms with E-state index in [-0.39, 0.29) is 16.5 Å². The number of hydrogen-bond acceptors (Lipinski definition) is 7. The van der Waals surface area contributed by atoms with Crippen molar-refractivity contribution in [1.29, 1.82) is 0 Å². The second-order valence-electron chi connectivity index (χ2n) is 6.59. The van der Waals surface area contributed by atoms with E-state index in [1.807, 2.05) is 11.6 Å². The van der Waals surface area contributed by atoms with E-state index in [0.29, 0.717) is 18.4 Å². The lowest BCUT2D eigenvalue weighted by Crippen LogP contribution is -2.20. The van der Waals surface area contributed by atoms with E-state index in [0.717, 1.165) is 0 Å². The largest absolute Gasteiger partial charge is 0.493 e. The molecular formula is C20H18ClF3N4O4S. The molecule has 0 amide bonds. The Labute approximate surface area is 192 Å². The molecule has 2 aromatic heterocycles. The van der Waals surface area contributed by atoms with Crippen LogP contribution in [0.4, 0.5) is 19.0 Å². The monoisotopic (exact) mass is 502 g/mol. The molecule has 0 aliphatic heterocycles. The summed E-state index contributed by atoms with van der Waals surface area (Å²) in [6.07, 6.45) is -2.74. The summed E-state index contributed by atoms with van der Waals surface area (Å²) in [6, 6.07) is 9.31. The molecule has 1 aromatic carbocycles. The maximum absolute atomic E-state index is 13.3. The number of pyridine rings is 1. The Bertz CT molecular complexity index is 1260. The summed E-state index contributed by atoms with van der Waals surface area (Å²) in [5.74, 6) is -2.72. The standard InChI is InChI=1S/C20H18ClF3N4O4S/c1-3-7-12-8-6-11-25-18(12)33(29,30)28-17-15(16(21)26-19(27-17)20(22,23)24)32-14-10-5-4-9-13(14)31-2/h4-6,8-11H,3,7H2,1-2H3,(H,26,27,28). The molecule has 0 aliphatic carbocycles. The van der Waals surface area contributed by atoms with Crippen molar-refractivity contribution in [2.24, 2.45) is 0 Å². The van der Waals surface area contributed by atoms with Gasteiger partial charge < -0.3 is 9.47 Å². The van der Waals surface area contributed by atoms with Crippen LogP contribution in [0.15, 0.2) is 47.6 Å². The third kappa shape index (κ3) is 5.63. The number of anilines is 1. The summed E-state index contributed by atoms with van der Waals surface area (Å²) in [6.45, 7) is 1.84. The second-order valence-corrected chi connectivity index (χ2v) is 8.55.